The van der Waals surface area contributed by atoms with Crippen LogP contribution in [0.2, 0.25) is 0 Å². The minimum absolute atomic E-state index is 0.0819. The summed E-state index contributed by atoms with van der Waals surface area (Å²) in [6, 6.07) is 11.6. The van der Waals surface area contributed by atoms with Gasteiger partial charge in [-0.15, -0.1) is 0 Å². The normalized spacial score (nSPS) is 11.8. The number of ether oxygens (including phenoxy) is 2. The summed E-state index contributed by atoms with van der Waals surface area (Å²) in [5.74, 6) is 1.20. The highest BCUT2D eigenvalue weighted by Gasteiger charge is 2.17. The van der Waals surface area contributed by atoms with Gasteiger partial charge in [-0.2, -0.15) is 0 Å². The number of para-hydroxylation sites is 1. The molecule has 0 amide bonds. The Morgan fingerprint density at radius 1 is 1.14 bits per heavy atom. The average molecular weight is 302 g/mol. The van der Waals surface area contributed by atoms with Crippen LogP contribution in [-0.2, 0) is 6.42 Å². The highest BCUT2D eigenvalue weighted by molar-refractivity contribution is 5.45. The van der Waals surface area contributed by atoms with E-state index in [4.69, 9.17) is 15.2 Å². The fourth-order valence-corrected chi connectivity index (χ4v) is 2.30. The zero-order chi connectivity index (χ0) is 16.1. The highest BCUT2D eigenvalue weighted by Crippen LogP contribution is 2.31. The first-order chi connectivity index (χ1) is 10.6. The third-order valence-corrected chi connectivity index (χ3v) is 3.46. The molecular formula is C16H18N2O4. The first-order valence-electron chi connectivity index (χ1n) is 6.76. The molecule has 0 saturated carbocycles. The Labute approximate surface area is 128 Å². The van der Waals surface area contributed by atoms with Gasteiger partial charge in [0, 0.05) is 17.7 Å². The van der Waals surface area contributed by atoms with E-state index in [0.29, 0.717) is 23.5 Å². The first kappa shape index (κ1) is 15.8. The molecular weight excluding hydrogens is 284 g/mol. The summed E-state index contributed by atoms with van der Waals surface area (Å²) in [6.45, 7) is 0. The zero-order valence-electron chi connectivity index (χ0n) is 12.5. The maximum atomic E-state index is 11.1. The molecule has 0 fully saturated rings. The summed E-state index contributed by atoms with van der Waals surface area (Å²) in [5.41, 5.74) is 7.71. The number of nitro benzene ring substituents is 1. The Kier molecular flexibility index (Phi) is 4.95. The zero-order valence-corrected chi connectivity index (χ0v) is 12.5. The number of nitrogens with zero attached hydrogens (tertiary/aromatic N) is 1. The second-order valence-corrected chi connectivity index (χ2v) is 4.81. The van der Waals surface area contributed by atoms with E-state index in [9.17, 15) is 10.1 Å². The molecule has 0 heterocycles. The third kappa shape index (κ3) is 3.35. The maximum absolute atomic E-state index is 11.1. The van der Waals surface area contributed by atoms with Crippen molar-refractivity contribution in [1.82, 2.24) is 0 Å². The summed E-state index contributed by atoms with van der Waals surface area (Å²) < 4.78 is 10.4. The molecule has 0 saturated heterocycles. The minimum atomic E-state index is -0.392. The Hall–Kier alpha value is -2.60. The lowest BCUT2D eigenvalue weighted by molar-refractivity contribution is -0.385. The van der Waals surface area contributed by atoms with E-state index in [2.05, 4.69) is 0 Å². The molecule has 0 radical (unpaired) electrons. The van der Waals surface area contributed by atoms with Crippen LogP contribution in [-0.4, -0.2) is 19.1 Å². The van der Waals surface area contributed by atoms with Crippen LogP contribution < -0.4 is 15.2 Å². The molecule has 0 spiro atoms. The van der Waals surface area contributed by atoms with Crippen LogP contribution in [0, 0.1) is 10.1 Å². The van der Waals surface area contributed by atoms with Crippen LogP contribution in [0.15, 0.2) is 42.5 Å². The molecule has 0 aliphatic heterocycles. The lowest BCUT2D eigenvalue weighted by atomic mass is 9.98. The van der Waals surface area contributed by atoms with Gasteiger partial charge in [0.05, 0.1) is 19.1 Å². The number of methoxy groups -OCH3 is 2. The monoisotopic (exact) mass is 302 g/mol. The predicted molar refractivity (Wildman–Crippen MR) is 83.3 cm³/mol. The number of hydrogen-bond donors (Lipinski definition) is 1. The van der Waals surface area contributed by atoms with Gasteiger partial charge >= 0.3 is 0 Å². The van der Waals surface area contributed by atoms with Crippen molar-refractivity contribution >= 4 is 5.69 Å². The SMILES string of the molecule is COc1ccc(C(N)Cc2ccccc2[N+](=O)[O-])cc1OC. The van der Waals surface area contributed by atoms with Crippen molar-refractivity contribution in [3.8, 4) is 11.5 Å². The first-order valence-corrected chi connectivity index (χ1v) is 6.76. The molecule has 6 heteroatoms. The fourth-order valence-electron chi connectivity index (χ4n) is 2.30. The number of rotatable bonds is 6. The van der Waals surface area contributed by atoms with Gasteiger partial charge in [0.1, 0.15) is 0 Å². The number of benzene rings is 2. The van der Waals surface area contributed by atoms with E-state index in [1.165, 1.54) is 6.07 Å². The molecule has 2 N–H and O–H groups in total. The molecule has 0 aromatic heterocycles. The van der Waals surface area contributed by atoms with E-state index in [1.54, 1.807) is 44.6 Å². The molecule has 2 aromatic carbocycles. The molecule has 2 aromatic rings. The third-order valence-electron chi connectivity index (χ3n) is 3.46. The van der Waals surface area contributed by atoms with E-state index >= 15 is 0 Å². The summed E-state index contributed by atoms with van der Waals surface area (Å²) in [4.78, 5) is 10.7. The van der Waals surface area contributed by atoms with Crippen LogP contribution in [0.1, 0.15) is 17.2 Å². The number of hydrogen-bond acceptors (Lipinski definition) is 5. The van der Waals surface area contributed by atoms with Crippen LogP contribution in [0.5, 0.6) is 11.5 Å². The van der Waals surface area contributed by atoms with Crippen LogP contribution in [0.3, 0.4) is 0 Å². The Morgan fingerprint density at radius 2 is 1.82 bits per heavy atom. The van der Waals surface area contributed by atoms with Crippen molar-refractivity contribution in [2.45, 2.75) is 12.5 Å². The Morgan fingerprint density at radius 3 is 2.45 bits per heavy atom. The van der Waals surface area contributed by atoms with Crippen LogP contribution >= 0.6 is 0 Å². The van der Waals surface area contributed by atoms with Gasteiger partial charge in [-0.1, -0.05) is 24.3 Å². The summed E-state index contributed by atoms with van der Waals surface area (Å²) in [7, 11) is 3.11. The lowest BCUT2D eigenvalue weighted by Crippen LogP contribution is -2.14. The second-order valence-electron chi connectivity index (χ2n) is 4.81. The molecule has 2 rings (SSSR count). The highest BCUT2D eigenvalue weighted by atomic mass is 16.6. The average Bonchev–Trinajstić information content (AvgIpc) is 2.54. The van der Waals surface area contributed by atoms with Crippen molar-refractivity contribution in [1.29, 1.82) is 0 Å². The van der Waals surface area contributed by atoms with E-state index in [1.807, 2.05) is 6.07 Å². The predicted octanol–water partition coefficient (Wildman–Crippen LogP) is 2.85. The molecule has 22 heavy (non-hydrogen) atoms. The minimum Gasteiger partial charge on any atom is -0.493 e. The van der Waals surface area contributed by atoms with Gasteiger partial charge in [-0.05, 0) is 24.1 Å². The molecule has 0 bridgehead atoms. The van der Waals surface area contributed by atoms with E-state index < -0.39 is 4.92 Å². The topological polar surface area (TPSA) is 87.6 Å². The molecule has 0 aliphatic rings. The number of nitrogens with two attached hydrogens (primary N) is 1. The lowest BCUT2D eigenvalue weighted by Gasteiger charge is -2.15. The van der Waals surface area contributed by atoms with Gasteiger partial charge < -0.3 is 15.2 Å². The quantitative estimate of drug-likeness (QED) is 0.655. The fraction of sp³-hybridized carbons (Fsp3) is 0.250. The van der Waals surface area contributed by atoms with Crippen LogP contribution in [0.4, 0.5) is 5.69 Å². The van der Waals surface area contributed by atoms with Gasteiger partial charge in [0.15, 0.2) is 11.5 Å². The van der Waals surface area contributed by atoms with Gasteiger partial charge in [0.25, 0.3) is 5.69 Å². The Bertz CT molecular complexity index is 673. The molecule has 1 unspecified atom stereocenters. The summed E-state index contributed by atoms with van der Waals surface area (Å²) >= 11 is 0. The largest absolute Gasteiger partial charge is 0.493 e. The van der Waals surface area contributed by atoms with Gasteiger partial charge in [-0.3, -0.25) is 10.1 Å². The molecule has 6 nitrogen and oxygen atoms in total. The van der Waals surface area contributed by atoms with E-state index in [0.717, 1.165) is 5.56 Å². The Balaban J connectivity index is 2.26. The van der Waals surface area contributed by atoms with Crippen molar-refractivity contribution in [3.05, 3.63) is 63.7 Å². The van der Waals surface area contributed by atoms with Gasteiger partial charge in [0.2, 0.25) is 0 Å². The van der Waals surface area contributed by atoms with Crippen molar-refractivity contribution < 1.29 is 14.4 Å². The molecule has 0 aliphatic carbocycles. The maximum Gasteiger partial charge on any atom is 0.272 e. The standard InChI is InChI=1S/C16H18N2O4/c1-21-15-8-7-11(10-16(15)22-2)13(17)9-12-5-3-4-6-14(12)18(19)20/h3-8,10,13H,9,17H2,1-2H3. The van der Waals surface area contributed by atoms with E-state index in [-0.39, 0.29) is 11.7 Å². The molecule has 1 atom stereocenters. The van der Waals surface area contributed by atoms with Crippen molar-refractivity contribution in [2.75, 3.05) is 14.2 Å². The number of nitro groups is 1. The summed E-state index contributed by atoms with van der Waals surface area (Å²) in [5, 5.41) is 11.1. The van der Waals surface area contributed by atoms with Gasteiger partial charge in [-0.25, -0.2) is 0 Å². The smallest absolute Gasteiger partial charge is 0.272 e. The summed E-state index contributed by atoms with van der Waals surface area (Å²) in [6.07, 6.45) is 0.368. The van der Waals surface area contributed by atoms with Crippen LogP contribution in [0.25, 0.3) is 0 Å². The van der Waals surface area contributed by atoms with Crippen molar-refractivity contribution in [3.63, 3.8) is 0 Å². The van der Waals surface area contributed by atoms with Crippen molar-refractivity contribution in [2.24, 2.45) is 5.73 Å². The second kappa shape index (κ2) is 6.91. The molecule has 116 valence electrons.